The Morgan fingerprint density at radius 1 is 1.00 bits per heavy atom. The van der Waals surface area contributed by atoms with Gasteiger partial charge in [-0.25, -0.2) is 0 Å². The van der Waals surface area contributed by atoms with Crippen molar-refractivity contribution in [2.24, 2.45) is 0 Å². The van der Waals surface area contributed by atoms with E-state index in [1.165, 1.54) is 25.7 Å². The molecule has 1 radical (unpaired) electrons. The molecule has 1 fully saturated rings. The molecule has 1 saturated carbocycles. The van der Waals surface area contributed by atoms with Gasteiger partial charge in [0.1, 0.15) is 0 Å². The van der Waals surface area contributed by atoms with E-state index < -0.39 is 0 Å². The summed E-state index contributed by atoms with van der Waals surface area (Å²) in [6, 6.07) is 0. The third kappa shape index (κ3) is 1.74. The molecule has 0 aromatic heterocycles. The predicted octanol–water partition coefficient (Wildman–Crippen LogP) is 1.76. The van der Waals surface area contributed by atoms with Gasteiger partial charge in [0.05, 0.1) is 0 Å². The molecule has 0 aromatic carbocycles. The maximum Gasteiger partial charge on any atom is 0 e. The molecule has 0 N–H and O–H groups in total. The van der Waals surface area contributed by atoms with E-state index in [1.807, 2.05) is 0 Å². The second-order valence-electron chi connectivity index (χ2n) is 1.57. The van der Waals surface area contributed by atoms with Crippen LogP contribution in [0.15, 0.2) is 0 Å². The van der Waals surface area contributed by atoms with Crippen LogP contribution in [0.2, 0.25) is 0 Å². The molecule has 6 heavy (non-hydrogen) atoms. The van der Waals surface area contributed by atoms with Crippen molar-refractivity contribution in [2.75, 3.05) is 0 Å². The predicted molar refractivity (Wildman–Crippen MR) is 22.8 cm³/mol. The smallest absolute Gasteiger partial charge is 0 e. The van der Waals surface area contributed by atoms with Gasteiger partial charge in [-0.3, -0.25) is 0 Å². The Morgan fingerprint density at radius 2 is 1.50 bits per heavy atom. The quantitative estimate of drug-likeness (QED) is 0.598. The van der Waals surface area contributed by atoms with Crippen molar-refractivity contribution in [3.8, 4) is 0 Å². The Hall–Kier alpha value is 0.390. The van der Waals surface area contributed by atoms with Gasteiger partial charge in [0.15, 0.2) is 0 Å². The van der Waals surface area contributed by atoms with Gasteiger partial charge in [0.25, 0.3) is 0 Å². The van der Waals surface area contributed by atoms with Gasteiger partial charge in [-0.2, -0.15) is 12.8 Å². The van der Waals surface area contributed by atoms with Crippen LogP contribution >= 0.6 is 0 Å². The molecule has 1 aliphatic carbocycles. The van der Waals surface area contributed by atoms with Crippen LogP contribution in [0.4, 0.5) is 0 Å². The fraction of sp³-hybridized carbons (Fsp3) is 0.800. The Labute approximate surface area is 47.1 Å². The summed E-state index contributed by atoms with van der Waals surface area (Å²) in [5.41, 5.74) is 0. The first-order valence-corrected chi connectivity index (χ1v) is 2.32. The normalized spacial score (nSPS) is 20.0. The Bertz CT molecular complexity index is 15.5. The summed E-state index contributed by atoms with van der Waals surface area (Å²) in [6.07, 6.45) is 8.00. The molecular weight excluding hydrogens is 303 g/mol. The van der Waals surface area contributed by atoms with Gasteiger partial charge in [-0.1, -0.05) is 12.8 Å². The maximum atomic E-state index is 2.36. The SMILES string of the molecule is [Am].[CH-]1CCCC1. The van der Waals surface area contributed by atoms with Crippen molar-refractivity contribution < 1.29 is 14.3 Å². The molecular formula is C5H9Am-. The molecule has 0 bridgehead atoms. The zero-order valence-corrected chi connectivity index (χ0v) is 6.93. The average Bonchev–Trinajstić information content (AvgIpc) is 1.76. The van der Waals surface area contributed by atoms with Crippen molar-refractivity contribution in [1.29, 1.82) is 0 Å². The van der Waals surface area contributed by atoms with E-state index in [2.05, 4.69) is 6.42 Å². The molecule has 37 valence electrons. The Balaban J connectivity index is 0.000000250. The molecule has 0 amide bonds. The topological polar surface area (TPSA) is 0 Å². The molecule has 1 heteroatoms. The van der Waals surface area contributed by atoms with Crippen LogP contribution in [0.5, 0.6) is 0 Å². The van der Waals surface area contributed by atoms with E-state index in [9.17, 15) is 0 Å². The summed E-state index contributed by atoms with van der Waals surface area (Å²) in [6.45, 7) is 0. The summed E-state index contributed by atoms with van der Waals surface area (Å²) >= 11 is 0. The van der Waals surface area contributed by atoms with E-state index in [-0.39, 0.29) is 14.3 Å². The fourth-order valence-electron chi connectivity index (χ4n) is 0.722. The summed E-state index contributed by atoms with van der Waals surface area (Å²) in [5, 5.41) is 0. The first kappa shape index (κ1) is 6.39. The minimum absolute atomic E-state index is 0. The molecule has 0 aromatic rings. The van der Waals surface area contributed by atoms with Gasteiger partial charge in [0.2, 0.25) is 0 Å². The number of hydrogen-bond acceptors (Lipinski definition) is 0. The Kier molecular flexibility index (Phi) is 3.81. The van der Waals surface area contributed by atoms with Crippen molar-refractivity contribution in [3.05, 3.63) is 6.42 Å². The van der Waals surface area contributed by atoms with Crippen LogP contribution in [-0.2, 0) is 0 Å². The van der Waals surface area contributed by atoms with Crippen LogP contribution in [0.3, 0.4) is 0 Å². The third-order valence-corrected chi connectivity index (χ3v) is 1.07. The summed E-state index contributed by atoms with van der Waals surface area (Å²) in [5.74, 6) is 0. The monoisotopic (exact) mass is 310 g/mol. The molecule has 0 aliphatic heterocycles. The van der Waals surface area contributed by atoms with Crippen molar-refractivity contribution >= 4 is 0 Å². The molecule has 1 aliphatic rings. The molecule has 0 atom stereocenters. The van der Waals surface area contributed by atoms with Crippen molar-refractivity contribution in [1.82, 2.24) is 0 Å². The molecule has 0 saturated heterocycles. The van der Waals surface area contributed by atoms with Crippen molar-refractivity contribution in [3.63, 3.8) is 0 Å². The van der Waals surface area contributed by atoms with E-state index in [0.29, 0.717) is 0 Å². The second kappa shape index (κ2) is 3.58. The zero-order chi connectivity index (χ0) is 3.54. The van der Waals surface area contributed by atoms with Crippen LogP contribution < -0.4 is 0 Å². The van der Waals surface area contributed by atoms with Gasteiger partial charge >= 0.3 is 0 Å². The summed E-state index contributed by atoms with van der Waals surface area (Å²) < 4.78 is 0. The van der Waals surface area contributed by atoms with Crippen LogP contribution in [0.1, 0.15) is 25.7 Å². The van der Waals surface area contributed by atoms with E-state index in [1.54, 1.807) is 0 Å². The molecule has 0 unspecified atom stereocenters. The minimum Gasteiger partial charge on any atom is -0.328 e. The van der Waals surface area contributed by atoms with E-state index in [0.717, 1.165) is 0 Å². The van der Waals surface area contributed by atoms with E-state index >= 15 is 0 Å². The van der Waals surface area contributed by atoms with Gasteiger partial charge < -0.3 is 6.42 Å². The summed E-state index contributed by atoms with van der Waals surface area (Å²) in [7, 11) is 0. The average molecular weight is 312 g/mol. The largest absolute Gasteiger partial charge is 0.328 e. The van der Waals surface area contributed by atoms with Gasteiger partial charge in [-0.15, -0.1) is 0 Å². The van der Waals surface area contributed by atoms with Gasteiger partial charge in [0, 0.05) is 14.3 Å². The third-order valence-electron chi connectivity index (χ3n) is 1.07. The fourth-order valence-corrected chi connectivity index (χ4v) is 0.722. The zero-order valence-electron chi connectivity index (χ0n) is 3.78. The standard InChI is InChI=1S/C5H9.Am/c1-2-4-5-3-1;/h1H,2-5H2;/q-1;. The molecule has 1 rings (SSSR count). The first-order valence-electron chi connectivity index (χ1n) is 2.32. The molecule has 0 spiro atoms. The van der Waals surface area contributed by atoms with E-state index in [4.69, 9.17) is 0 Å². The van der Waals surface area contributed by atoms with Gasteiger partial charge in [-0.05, 0) is 0 Å². The number of rotatable bonds is 0. The molecule has 0 nitrogen and oxygen atoms in total. The maximum absolute atomic E-state index is 2.36. The first-order chi connectivity index (χ1) is 2.50. The minimum atomic E-state index is 0. The van der Waals surface area contributed by atoms with Crippen molar-refractivity contribution in [2.45, 2.75) is 25.7 Å². The summed E-state index contributed by atoms with van der Waals surface area (Å²) in [4.78, 5) is 0. The van der Waals surface area contributed by atoms with Crippen LogP contribution in [-0.4, -0.2) is 0 Å². The second-order valence-corrected chi connectivity index (χ2v) is 1.57. The van der Waals surface area contributed by atoms with Crippen LogP contribution in [0, 0.1) is 20.7 Å². The van der Waals surface area contributed by atoms with Crippen LogP contribution in [0.25, 0.3) is 0 Å². The Morgan fingerprint density at radius 3 is 1.67 bits per heavy atom. The number of hydrogen-bond donors (Lipinski definition) is 0. The molecule has 0 heterocycles.